The van der Waals surface area contributed by atoms with E-state index in [1.54, 1.807) is 0 Å². The van der Waals surface area contributed by atoms with Gasteiger partial charge in [-0.3, -0.25) is 4.79 Å². The lowest BCUT2D eigenvalue weighted by Crippen LogP contribution is -2.02. The van der Waals surface area contributed by atoms with Gasteiger partial charge in [0.05, 0.1) is 7.11 Å². The maximum atomic E-state index is 10.6. The number of methoxy groups -OCH3 is 1. The van der Waals surface area contributed by atoms with E-state index in [0.29, 0.717) is 15.6 Å². The van der Waals surface area contributed by atoms with Crippen molar-refractivity contribution in [2.24, 2.45) is 0 Å². The molecule has 0 amide bonds. The zero-order valence-electron chi connectivity index (χ0n) is 7.64. The molecule has 0 bridgehead atoms. The molecule has 0 aliphatic heterocycles. The van der Waals surface area contributed by atoms with Gasteiger partial charge in [0.25, 0.3) is 0 Å². The first-order valence-corrected chi connectivity index (χ1v) is 5.29. The smallest absolute Gasteiger partial charge is 0.303 e. The Hall–Kier alpha value is -0.753. The van der Waals surface area contributed by atoms with Gasteiger partial charge in [0.1, 0.15) is 0 Å². The second-order valence-corrected chi connectivity index (χ2v) is 3.29. The first-order chi connectivity index (χ1) is 5.81. The molecule has 0 aliphatic rings. The molecule has 2 nitrogen and oxygen atoms in total. The van der Waals surface area contributed by atoms with Crippen molar-refractivity contribution in [2.45, 2.75) is 32.2 Å². The molecule has 12 heavy (non-hydrogen) atoms. The molecule has 66 valence electrons. The third-order valence-corrected chi connectivity index (χ3v) is 2.11. The molecular weight excluding hydrogens is 168 g/mol. The molecule has 0 heterocycles. The highest BCUT2D eigenvalue weighted by molar-refractivity contribution is 6.50. The van der Waals surface area contributed by atoms with E-state index in [2.05, 4.69) is 23.1 Å². The van der Waals surface area contributed by atoms with Crippen molar-refractivity contribution in [1.82, 2.24) is 0 Å². The van der Waals surface area contributed by atoms with Crippen molar-refractivity contribution in [3.63, 3.8) is 0 Å². The van der Waals surface area contributed by atoms with E-state index < -0.39 is 0 Å². The third-order valence-electron chi connectivity index (χ3n) is 1.29. The Bertz CT molecular complexity index is 179. The molecule has 0 saturated heterocycles. The molecule has 3 heteroatoms. The van der Waals surface area contributed by atoms with Crippen LogP contribution < -0.4 is 0 Å². The molecule has 0 aromatic carbocycles. The zero-order chi connectivity index (χ0) is 9.23. The highest BCUT2D eigenvalue weighted by Gasteiger charge is 1.96. The molecule has 0 rings (SSSR count). The van der Waals surface area contributed by atoms with Crippen molar-refractivity contribution in [3.8, 4) is 11.5 Å². The van der Waals surface area contributed by atoms with E-state index >= 15 is 0 Å². The Kier molecular flexibility index (Phi) is 7.82. The number of unbranched alkanes of at least 4 members (excludes halogenated alkanes) is 2. The lowest BCUT2D eigenvalue weighted by atomic mass is 10.3. The van der Waals surface area contributed by atoms with Gasteiger partial charge in [0.2, 0.25) is 0 Å². The SMILES string of the molecule is CCCCC#C[Si]CC(=O)OC. The van der Waals surface area contributed by atoms with E-state index in [0.717, 1.165) is 12.8 Å². The number of carbonyl (C=O) groups is 1. The molecule has 0 saturated carbocycles. The summed E-state index contributed by atoms with van der Waals surface area (Å²) in [5.74, 6) is 2.85. The second-order valence-electron chi connectivity index (χ2n) is 2.34. The number of esters is 1. The van der Waals surface area contributed by atoms with E-state index in [9.17, 15) is 4.79 Å². The van der Waals surface area contributed by atoms with Gasteiger partial charge in [-0.1, -0.05) is 13.3 Å². The lowest BCUT2D eigenvalue weighted by Gasteiger charge is -1.90. The minimum Gasteiger partial charge on any atom is -0.469 e. The predicted molar refractivity (Wildman–Crippen MR) is 49.9 cm³/mol. The molecule has 0 fully saturated rings. The van der Waals surface area contributed by atoms with Gasteiger partial charge in [0.15, 0.2) is 9.52 Å². The Labute approximate surface area is 76.5 Å². The Morgan fingerprint density at radius 1 is 1.58 bits per heavy atom. The summed E-state index contributed by atoms with van der Waals surface area (Å²) in [6.45, 7) is 2.14. The molecule has 0 aromatic rings. The standard InChI is InChI=1S/C9H14O2Si/c1-3-4-5-6-7-12-8-9(10)11-2/h3-5,8H2,1-2H3. The largest absolute Gasteiger partial charge is 0.469 e. The summed E-state index contributed by atoms with van der Waals surface area (Å²) >= 11 is 0. The van der Waals surface area contributed by atoms with Crippen molar-refractivity contribution in [2.75, 3.05) is 7.11 Å². The molecule has 0 aliphatic carbocycles. The van der Waals surface area contributed by atoms with Gasteiger partial charge in [-0.25, -0.2) is 0 Å². The van der Waals surface area contributed by atoms with Crippen molar-refractivity contribution >= 4 is 15.5 Å². The molecule has 0 atom stereocenters. The third kappa shape index (κ3) is 7.36. The number of ether oxygens (including phenoxy) is 1. The van der Waals surface area contributed by atoms with Crippen LogP contribution in [0, 0.1) is 11.5 Å². The second kappa shape index (κ2) is 8.34. The molecule has 2 radical (unpaired) electrons. The van der Waals surface area contributed by atoms with Crippen LogP contribution in [-0.2, 0) is 9.53 Å². The molecular formula is C9H14O2Si. The maximum absolute atomic E-state index is 10.6. The minimum atomic E-state index is -0.168. The van der Waals surface area contributed by atoms with Crippen LogP contribution in [0.3, 0.4) is 0 Å². The van der Waals surface area contributed by atoms with Crippen molar-refractivity contribution in [3.05, 3.63) is 0 Å². The van der Waals surface area contributed by atoms with E-state index in [4.69, 9.17) is 0 Å². The number of hydrogen-bond donors (Lipinski definition) is 0. The lowest BCUT2D eigenvalue weighted by molar-refractivity contribution is -0.137. The molecule has 0 aromatic heterocycles. The first-order valence-electron chi connectivity index (χ1n) is 4.08. The van der Waals surface area contributed by atoms with E-state index in [1.807, 2.05) is 0 Å². The van der Waals surface area contributed by atoms with Crippen LogP contribution in [0.2, 0.25) is 6.04 Å². The summed E-state index contributed by atoms with van der Waals surface area (Å²) in [5, 5.41) is 0. The maximum Gasteiger partial charge on any atom is 0.303 e. The Morgan fingerprint density at radius 2 is 2.33 bits per heavy atom. The van der Waals surface area contributed by atoms with Gasteiger partial charge in [0, 0.05) is 12.5 Å². The Morgan fingerprint density at radius 3 is 2.92 bits per heavy atom. The summed E-state index contributed by atoms with van der Waals surface area (Å²) < 4.78 is 4.48. The van der Waals surface area contributed by atoms with Gasteiger partial charge >= 0.3 is 5.97 Å². The van der Waals surface area contributed by atoms with E-state index in [-0.39, 0.29) is 5.97 Å². The van der Waals surface area contributed by atoms with Gasteiger partial charge in [-0.15, -0.1) is 11.5 Å². The van der Waals surface area contributed by atoms with Crippen molar-refractivity contribution < 1.29 is 9.53 Å². The number of carbonyl (C=O) groups excluding carboxylic acids is 1. The highest BCUT2D eigenvalue weighted by Crippen LogP contribution is 1.90. The highest BCUT2D eigenvalue weighted by atomic mass is 28.2. The molecule has 0 spiro atoms. The van der Waals surface area contributed by atoms with E-state index in [1.165, 1.54) is 13.5 Å². The summed E-state index contributed by atoms with van der Waals surface area (Å²) in [4.78, 5) is 10.6. The van der Waals surface area contributed by atoms with Crippen LogP contribution in [0.15, 0.2) is 0 Å². The zero-order valence-corrected chi connectivity index (χ0v) is 8.64. The summed E-state index contributed by atoms with van der Waals surface area (Å²) in [7, 11) is 1.80. The fraction of sp³-hybridized carbons (Fsp3) is 0.667. The quantitative estimate of drug-likeness (QED) is 0.284. The summed E-state index contributed by atoms with van der Waals surface area (Å²) in [5.41, 5.74) is 2.96. The summed E-state index contributed by atoms with van der Waals surface area (Å²) in [6, 6.07) is 0.440. The molecule has 0 unspecified atom stereocenters. The fourth-order valence-corrected chi connectivity index (χ4v) is 1.21. The topological polar surface area (TPSA) is 26.3 Å². The van der Waals surface area contributed by atoms with Crippen LogP contribution in [0.1, 0.15) is 26.2 Å². The van der Waals surface area contributed by atoms with Crippen molar-refractivity contribution in [1.29, 1.82) is 0 Å². The monoisotopic (exact) mass is 182 g/mol. The number of hydrogen-bond acceptors (Lipinski definition) is 2. The van der Waals surface area contributed by atoms with Crippen LogP contribution in [0.25, 0.3) is 0 Å². The average Bonchev–Trinajstić information content (AvgIpc) is 2.10. The predicted octanol–water partition coefficient (Wildman–Crippen LogP) is 1.43. The molecule has 0 N–H and O–H groups in total. The summed E-state index contributed by atoms with van der Waals surface area (Å²) in [6.07, 6.45) is 3.27. The minimum absolute atomic E-state index is 0.168. The van der Waals surface area contributed by atoms with Crippen LogP contribution in [0.5, 0.6) is 0 Å². The van der Waals surface area contributed by atoms with Gasteiger partial charge in [-0.2, -0.15) is 0 Å². The first kappa shape index (κ1) is 11.2. The van der Waals surface area contributed by atoms with Gasteiger partial charge < -0.3 is 4.74 Å². The van der Waals surface area contributed by atoms with Crippen LogP contribution >= 0.6 is 0 Å². The number of rotatable bonds is 4. The van der Waals surface area contributed by atoms with Crippen LogP contribution in [0.4, 0.5) is 0 Å². The van der Waals surface area contributed by atoms with Crippen LogP contribution in [-0.4, -0.2) is 22.6 Å². The normalized spacial score (nSPS) is 8.50. The average molecular weight is 182 g/mol. The fourth-order valence-electron chi connectivity index (χ4n) is 0.579. The van der Waals surface area contributed by atoms with Gasteiger partial charge in [-0.05, 0) is 6.42 Å². The Balaban J connectivity index is 3.27.